The highest BCUT2D eigenvalue weighted by atomic mass is 16.5. The molecule has 0 unspecified atom stereocenters. The van der Waals surface area contributed by atoms with Crippen molar-refractivity contribution >= 4 is 5.69 Å². The SMILES string of the molecule is NC1CCN(c2cccc(OCC3CCOCC3)c2)CC1. The van der Waals surface area contributed by atoms with Gasteiger partial charge < -0.3 is 20.1 Å². The molecule has 0 radical (unpaired) electrons. The summed E-state index contributed by atoms with van der Waals surface area (Å²) in [5.41, 5.74) is 7.23. The first kappa shape index (κ1) is 14.7. The smallest absolute Gasteiger partial charge is 0.121 e. The Labute approximate surface area is 127 Å². The molecule has 0 spiro atoms. The van der Waals surface area contributed by atoms with Crippen LogP contribution in [-0.4, -0.2) is 39.0 Å². The van der Waals surface area contributed by atoms with Crippen LogP contribution < -0.4 is 15.4 Å². The lowest BCUT2D eigenvalue weighted by atomic mass is 10.0. The molecule has 2 N–H and O–H groups in total. The Kier molecular flexibility index (Phi) is 4.99. The van der Waals surface area contributed by atoms with Crippen LogP contribution in [0.2, 0.25) is 0 Å². The minimum atomic E-state index is 0.370. The Balaban J connectivity index is 1.55. The maximum absolute atomic E-state index is 5.99. The van der Waals surface area contributed by atoms with Gasteiger partial charge in [0.1, 0.15) is 5.75 Å². The highest BCUT2D eigenvalue weighted by molar-refractivity contribution is 5.51. The molecule has 3 rings (SSSR count). The summed E-state index contributed by atoms with van der Waals surface area (Å²) in [6.45, 7) is 4.65. The molecule has 1 aromatic carbocycles. The largest absolute Gasteiger partial charge is 0.493 e. The molecule has 0 bridgehead atoms. The zero-order valence-electron chi connectivity index (χ0n) is 12.7. The number of nitrogens with zero attached hydrogens (tertiary/aromatic N) is 1. The van der Waals surface area contributed by atoms with Gasteiger partial charge >= 0.3 is 0 Å². The van der Waals surface area contributed by atoms with Crippen molar-refractivity contribution in [2.75, 3.05) is 37.8 Å². The van der Waals surface area contributed by atoms with Crippen LogP contribution in [0, 0.1) is 5.92 Å². The van der Waals surface area contributed by atoms with Crippen LogP contribution in [-0.2, 0) is 4.74 Å². The van der Waals surface area contributed by atoms with Gasteiger partial charge in [-0.25, -0.2) is 0 Å². The van der Waals surface area contributed by atoms with Crippen LogP contribution in [0.3, 0.4) is 0 Å². The fourth-order valence-electron chi connectivity index (χ4n) is 3.05. The molecule has 2 fully saturated rings. The first-order chi connectivity index (χ1) is 10.3. The molecule has 0 saturated carbocycles. The standard InChI is InChI=1S/C17H26N2O2/c18-15-4-8-19(9-5-15)16-2-1-3-17(12-16)21-13-14-6-10-20-11-7-14/h1-3,12,14-15H,4-11,13,18H2. The second kappa shape index (κ2) is 7.14. The van der Waals surface area contributed by atoms with Crippen LogP contribution in [0.4, 0.5) is 5.69 Å². The number of rotatable bonds is 4. The predicted molar refractivity (Wildman–Crippen MR) is 84.9 cm³/mol. The van der Waals surface area contributed by atoms with E-state index in [1.807, 2.05) is 0 Å². The van der Waals surface area contributed by atoms with E-state index in [1.54, 1.807) is 0 Å². The van der Waals surface area contributed by atoms with E-state index in [4.69, 9.17) is 15.2 Å². The lowest BCUT2D eigenvalue weighted by Gasteiger charge is -2.32. The van der Waals surface area contributed by atoms with Gasteiger partial charge in [-0.1, -0.05) is 6.07 Å². The average Bonchev–Trinajstić information content (AvgIpc) is 2.55. The summed E-state index contributed by atoms with van der Waals surface area (Å²) in [6, 6.07) is 8.84. The molecule has 1 aromatic rings. The molecule has 2 aliphatic heterocycles. The fraction of sp³-hybridized carbons (Fsp3) is 0.647. The van der Waals surface area contributed by atoms with Gasteiger partial charge in [-0.05, 0) is 43.7 Å². The number of anilines is 1. The summed E-state index contributed by atoms with van der Waals surface area (Å²) >= 11 is 0. The van der Waals surface area contributed by atoms with Crippen molar-refractivity contribution in [3.05, 3.63) is 24.3 Å². The van der Waals surface area contributed by atoms with Crippen LogP contribution >= 0.6 is 0 Å². The van der Waals surface area contributed by atoms with Crippen LogP contribution in [0.25, 0.3) is 0 Å². The summed E-state index contributed by atoms with van der Waals surface area (Å²) in [5, 5.41) is 0. The summed E-state index contributed by atoms with van der Waals surface area (Å²) in [5.74, 6) is 1.62. The molecular formula is C17H26N2O2. The first-order valence-electron chi connectivity index (χ1n) is 8.12. The Morgan fingerprint density at radius 1 is 1.14 bits per heavy atom. The van der Waals surface area contributed by atoms with Gasteiger partial charge in [0.15, 0.2) is 0 Å². The Morgan fingerprint density at radius 2 is 1.90 bits per heavy atom. The number of hydrogen-bond acceptors (Lipinski definition) is 4. The number of nitrogens with two attached hydrogens (primary N) is 1. The normalized spacial score (nSPS) is 21.5. The van der Waals surface area contributed by atoms with E-state index < -0.39 is 0 Å². The Hall–Kier alpha value is -1.26. The van der Waals surface area contributed by atoms with E-state index in [9.17, 15) is 0 Å². The third-order valence-corrected chi connectivity index (χ3v) is 4.55. The summed E-state index contributed by atoms with van der Waals surface area (Å²) in [6.07, 6.45) is 4.38. The van der Waals surface area contributed by atoms with Crippen molar-refractivity contribution in [2.24, 2.45) is 11.7 Å². The van der Waals surface area contributed by atoms with Crippen molar-refractivity contribution in [1.82, 2.24) is 0 Å². The lowest BCUT2D eigenvalue weighted by Crippen LogP contribution is -2.39. The van der Waals surface area contributed by atoms with E-state index >= 15 is 0 Å². The average molecular weight is 290 g/mol. The quantitative estimate of drug-likeness (QED) is 0.925. The van der Waals surface area contributed by atoms with Crippen LogP contribution in [0.1, 0.15) is 25.7 Å². The third kappa shape index (κ3) is 4.11. The second-order valence-corrected chi connectivity index (χ2v) is 6.19. The van der Waals surface area contributed by atoms with Crippen molar-refractivity contribution in [3.63, 3.8) is 0 Å². The summed E-state index contributed by atoms with van der Waals surface area (Å²) < 4.78 is 11.4. The maximum Gasteiger partial charge on any atom is 0.121 e. The van der Waals surface area contributed by atoms with Crippen LogP contribution in [0.5, 0.6) is 5.75 Å². The molecule has 0 aliphatic carbocycles. The van der Waals surface area contributed by atoms with Gasteiger partial charge in [-0.15, -0.1) is 0 Å². The predicted octanol–water partition coefficient (Wildman–Crippen LogP) is 2.42. The van der Waals surface area contributed by atoms with Gasteiger partial charge in [0.25, 0.3) is 0 Å². The molecule has 2 heterocycles. The van der Waals surface area contributed by atoms with Crippen molar-refractivity contribution in [2.45, 2.75) is 31.7 Å². The van der Waals surface area contributed by atoms with E-state index in [0.29, 0.717) is 12.0 Å². The minimum absolute atomic E-state index is 0.370. The zero-order chi connectivity index (χ0) is 14.5. The Morgan fingerprint density at radius 3 is 2.67 bits per heavy atom. The van der Waals surface area contributed by atoms with Crippen molar-refractivity contribution in [3.8, 4) is 5.75 Å². The van der Waals surface area contributed by atoms with E-state index in [0.717, 1.165) is 64.3 Å². The van der Waals surface area contributed by atoms with Gasteiger partial charge in [-0.3, -0.25) is 0 Å². The third-order valence-electron chi connectivity index (χ3n) is 4.55. The fourth-order valence-corrected chi connectivity index (χ4v) is 3.05. The van der Waals surface area contributed by atoms with E-state index in [-0.39, 0.29) is 0 Å². The number of hydrogen-bond donors (Lipinski definition) is 1. The minimum Gasteiger partial charge on any atom is -0.493 e. The van der Waals surface area contributed by atoms with Crippen molar-refractivity contribution < 1.29 is 9.47 Å². The molecule has 0 amide bonds. The zero-order valence-corrected chi connectivity index (χ0v) is 12.7. The molecule has 116 valence electrons. The van der Waals surface area contributed by atoms with Crippen molar-refractivity contribution in [1.29, 1.82) is 0 Å². The van der Waals surface area contributed by atoms with Gasteiger partial charge in [0.05, 0.1) is 6.61 Å². The highest BCUT2D eigenvalue weighted by Crippen LogP contribution is 2.25. The number of piperidine rings is 1. The number of ether oxygens (including phenoxy) is 2. The second-order valence-electron chi connectivity index (χ2n) is 6.19. The first-order valence-corrected chi connectivity index (χ1v) is 8.12. The van der Waals surface area contributed by atoms with E-state index in [2.05, 4.69) is 29.2 Å². The molecule has 4 nitrogen and oxygen atoms in total. The monoisotopic (exact) mass is 290 g/mol. The number of benzene rings is 1. The molecule has 4 heteroatoms. The Bertz CT molecular complexity index is 438. The molecule has 2 saturated heterocycles. The molecular weight excluding hydrogens is 264 g/mol. The maximum atomic E-state index is 5.99. The summed E-state index contributed by atoms with van der Waals surface area (Å²) in [7, 11) is 0. The molecule has 21 heavy (non-hydrogen) atoms. The topological polar surface area (TPSA) is 47.7 Å². The lowest BCUT2D eigenvalue weighted by molar-refractivity contribution is 0.0497. The van der Waals surface area contributed by atoms with Crippen LogP contribution in [0.15, 0.2) is 24.3 Å². The highest BCUT2D eigenvalue weighted by Gasteiger charge is 2.17. The summed E-state index contributed by atoms with van der Waals surface area (Å²) in [4.78, 5) is 2.41. The molecule has 0 aromatic heterocycles. The van der Waals surface area contributed by atoms with E-state index in [1.165, 1.54) is 5.69 Å². The van der Waals surface area contributed by atoms with Gasteiger partial charge in [0, 0.05) is 44.1 Å². The van der Waals surface area contributed by atoms with Gasteiger partial charge in [-0.2, -0.15) is 0 Å². The molecule has 0 atom stereocenters. The molecule has 2 aliphatic rings. The van der Waals surface area contributed by atoms with Gasteiger partial charge in [0.2, 0.25) is 0 Å².